The smallest absolute Gasteiger partial charge is 0.251 e. The minimum absolute atomic E-state index is 0.0374. The van der Waals surface area contributed by atoms with Crippen LogP contribution in [-0.2, 0) is 0 Å². The lowest BCUT2D eigenvalue weighted by atomic mass is 10.2. The van der Waals surface area contributed by atoms with E-state index in [0.717, 1.165) is 4.47 Å². The predicted molar refractivity (Wildman–Crippen MR) is 65.0 cm³/mol. The highest BCUT2D eigenvalue weighted by molar-refractivity contribution is 9.10. The number of amides is 1. The molecule has 0 aliphatic carbocycles. The molecule has 0 saturated carbocycles. The van der Waals surface area contributed by atoms with E-state index in [0.29, 0.717) is 12.1 Å². The Balaban J connectivity index is 2.50. The third-order valence-corrected chi connectivity index (χ3v) is 2.70. The van der Waals surface area contributed by atoms with Crippen molar-refractivity contribution >= 4 is 21.8 Å². The Labute approximate surface area is 98.4 Å². The molecule has 1 unspecified atom stereocenters. The summed E-state index contributed by atoms with van der Waals surface area (Å²) < 4.78 is 0.975. The van der Waals surface area contributed by atoms with Gasteiger partial charge in [0.1, 0.15) is 0 Å². The molecule has 82 valence electrons. The number of rotatable bonds is 4. The normalized spacial score (nSPS) is 12.2. The lowest BCUT2D eigenvalue weighted by Crippen LogP contribution is -2.37. The first-order valence-corrected chi connectivity index (χ1v) is 5.64. The molecule has 0 spiro atoms. The van der Waals surface area contributed by atoms with E-state index in [2.05, 4.69) is 26.6 Å². The van der Waals surface area contributed by atoms with Crippen LogP contribution in [0.2, 0.25) is 0 Å². The maximum absolute atomic E-state index is 11.6. The number of carbonyl (C=O) groups excluding carboxylic acids is 1. The molecule has 3 nitrogen and oxygen atoms in total. The molecule has 1 amide bonds. The first kappa shape index (κ1) is 12.2. The average Bonchev–Trinajstić information content (AvgIpc) is 2.26. The predicted octanol–water partition coefficient (Wildman–Crippen LogP) is 1.79. The van der Waals surface area contributed by atoms with Gasteiger partial charge in [0.15, 0.2) is 0 Å². The van der Waals surface area contributed by atoms with Gasteiger partial charge in [-0.3, -0.25) is 4.79 Å². The van der Waals surface area contributed by atoms with Gasteiger partial charge in [-0.1, -0.05) is 15.9 Å². The van der Waals surface area contributed by atoms with Crippen LogP contribution < -0.4 is 10.6 Å². The Morgan fingerprint density at radius 1 is 1.40 bits per heavy atom. The van der Waals surface area contributed by atoms with Crippen molar-refractivity contribution in [2.24, 2.45) is 0 Å². The molecule has 0 aliphatic rings. The second kappa shape index (κ2) is 5.88. The maximum atomic E-state index is 11.6. The van der Waals surface area contributed by atoms with E-state index < -0.39 is 0 Å². The SMILES string of the molecule is CNC(C)CNC(=O)c1ccc(Br)cc1. The van der Waals surface area contributed by atoms with Gasteiger partial charge in [-0.15, -0.1) is 0 Å². The van der Waals surface area contributed by atoms with Crippen LogP contribution in [0.3, 0.4) is 0 Å². The molecule has 0 saturated heterocycles. The number of benzene rings is 1. The van der Waals surface area contributed by atoms with Crippen molar-refractivity contribution < 1.29 is 4.79 Å². The fourth-order valence-electron chi connectivity index (χ4n) is 1.05. The van der Waals surface area contributed by atoms with E-state index >= 15 is 0 Å². The molecule has 2 N–H and O–H groups in total. The van der Waals surface area contributed by atoms with Crippen LogP contribution in [0.15, 0.2) is 28.7 Å². The summed E-state index contributed by atoms with van der Waals surface area (Å²) in [4.78, 5) is 11.6. The lowest BCUT2D eigenvalue weighted by Gasteiger charge is -2.11. The number of carbonyl (C=O) groups is 1. The molecular weight excluding hydrogens is 256 g/mol. The van der Waals surface area contributed by atoms with Crippen molar-refractivity contribution in [1.29, 1.82) is 0 Å². The Kier molecular flexibility index (Phi) is 4.78. The van der Waals surface area contributed by atoms with E-state index in [1.807, 2.05) is 26.1 Å². The second-order valence-corrected chi connectivity index (χ2v) is 4.32. The standard InChI is InChI=1S/C11H15BrN2O/c1-8(13-2)7-14-11(15)9-3-5-10(12)6-4-9/h3-6,8,13H,7H2,1-2H3,(H,14,15). The van der Waals surface area contributed by atoms with Gasteiger partial charge in [-0.25, -0.2) is 0 Å². The molecule has 1 aromatic rings. The molecule has 1 atom stereocenters. The zero-order chi connectivity index (χ0) is 11.3. The van der Waals surface area contributed by atoms with E-state index in [-0.39, 0.29) is 11.9 Å². The molecular formula is C11H15BrN2O. The number of hydrogen-bond donors (Lipinski definition) is 2. The molecule has 0 bridgehead atoms. The van der Waals surface area contributed by atoms with Crippen molar-refractivity contribution in [2.75, 3.05) is 13.6 Å². The van der Waals surface area contributed by atoms with Gasteiger partial charge in [0.2, 0.25) is 0 Å². The van der Waals surface area contributed by atoms with E-state index in [9.17, 15) is 4.79 Å². The average molecular weight is 271 g/mol. The first-order valence-electron chi connectivity index (χ1n) is 4.84. The molecule has 0 aliphatic heterocycles. The molecule has 1 aromatic carbocycles. The molecule has 0 radical (unpaired) electrons. The highest BCUT2D eigenvalue weighted by Crippen LogP contribution is 2.10. The molecule has 1 rings (SSSR count). The second-order valence-electron chi connectivity index (χ2n) is 3.41. The van der Waals surface area contributed by atoms with Gasteiger partial charge in [-0.05, 0) is 38.2 Å². The largest absolute Gasteiger partial charge is 0.350 e. The molecule has 0 heterocycles. The van der Waals surface area contributed by atoms with Gasteiger partial charge in [-0.2, -0.15) is 0 Å². The summed E-state index contributed by atoms with van der Waals surface area (Å²) >= 11 is 3.33. The number of nitrogens with one attached hydrogen (secondary N) is 2. The maximum Gasteiger partial charge on any atom is 0.251 e. The monoisotopic (exact) mass is 270 g/mol. The summed E-state index contributed by atoms with van der Waals surface area (Å²) in [6.07, 6.45) is 0. The van der Waals surface area contributed by atoms with Crippen LogP contribution >= 0.6 is 15.9 Å². The van der Waals surface area contributed by atoms with Crippen molar-refractivity contribution in [3.8, 4) is 0 Å². The fraction of sp³-hybridized carbons (Fsp3) is 0.364. The quantitative estimate of drug-likeness (QED) is 0.876. The Morgan fingerprint density at radius 3 is 2.53 bits per heavy atom. The molecule has 15 heavy (non-hydrogen) atoms. The molecule has 0 aromatic heterocycles. The Hall–Kier alpha value is -0.870. The van der Waals surface area contributed by atoms with Crippen LogP contribution in [0, 0.1) is 0 Å². The van der Waals surface area contributed by atoms with Crippen molar-refractivity contribution in [3.63, 3.8) is 0 Å². The summed E-state index contributed by atoms with van der Waals surface area (Å²) in [6.45, 7) is 2.65. The zero-order valence-corrected chi connectivity index (χ0v) is 10.5. The highest BCUT2D eigenvalue weighted by Gasteiger charge is 2.05. The van der Waals surface area contributed by atoms with Crippen LogP contribution in [0.5, 0.6) is 0 Å². The topological polar surface area (TPSA) is 41.1 Å². The van der Waals surface area contributed by atoms with Crippen molar-refractivity contribution in [1.82, 2.24) is 10.6 Å². The zero-order valence-electron chi connectivity index (χ0n) is 8.88. The highest BCUT2D eigenvalue weighted by atomic mass is 79.9. The number of likely N-dealkylation sites (N-methyl/N-ethyl adjacent to an activating group) is 1. The summed E-state index contributed by atoms with van der Waals surface area (Å²) in [5.41, 5.74) is 0.682. The fourth-order valence-corrected chi connectivity index (χ4v) is 1.32. The van der Waals surface area contributed by atoms with Gasteiger partial charge in [0.05, 0.1) is 0 Å². The Bertz CT molecular complexity index is 324. The number of hydrogen-bond acceptors (Lipinski definition) is 2. The van der Waals surface area contributed by atoms with Crippen molar-refractivity contribution in [3.05, 3.63) is 34.3 Å². The first-order chi connectivity index (χ1) is 7.13. The van der Waals surface area contributed by atoms with E-state index in [1.165, 1.54) is 0 Å². The van der Waals surface area contributed by atoms with Gasteiger partial charge < -0.3 is 10.6 Å². The Morgan fingerprint density at radius 2 is 2.00 bits per heavy atom. The third kappa shape index (κ3) is 4.01. The number of halogens is 1. The summed E-state index contributed by atoms with van der Waals surface area (Å²) in [5.74, 6) is -0.0374. The third-order valence-electron chi connectivity index (χ3n) is 2.17. The minimum Gasteiger partial charge on any atom is -0.350 e. The van der Waals surface area contributed by atoms with Gasteiger partial charge in [0.25, 0.3) is 5.91 Å². The van der Waals surface area contributed by atoms with E-state index in [4.69, 9.17) is 0 Å². The van der Waals surface area contributed by atoms with Crippen LogP contribution in [0.4, 0.5) is 0 Å². The van der Waals surface area contributed by atoms with Gasteiger partial charge in [0, 0.05) is 22.6 Å². The summed E-state index contributed by atoms with van der Waals surface area (Å²) in [5, 5.41) is 5.91. The van der Waals surface area contributed by atoms with Crippen LogP contribution in [0.25, 0.3) is 0 Å². The lowest BCUT2D eigenvalue weighted by molar-refractivity contribution is 0.0950. The molecule has 0 fully saturated rings. The molecule has 4 heteroatoms. The van der Waals surface area contributed by atoms with Gasteiger partial charge >= 0.3 is 0 Å². The van der Waals surface area contributed by atoms with Crippen molar-refractivity contribution in [2.45, 2.75) is 13.0 Å². The summed E-state index contributed by atoms with van der Waals surface area (Å²) in [7, 11) is 1.87. The van der Waals surface area contributed by atoms with Crippen LogP contribution in [-0.4, -0.2) is 25.5 Å². The minimum atomic E-state index is -0.0374. The summed E-state index contributed by atoms with van der Waals surface area (Å²) in [6, 6.07) is 7.59. The van der Waals surface area contributed by atoms with E-state index in [1.54, 1.807) is 12.1 Å². The van der Waals surface area contributed by atoms with Crippen LogP contribution in [0.1, 0.15) is 17.3 Å².